The maximum absolute atomic E-state index is 11.7. The minimum absolute atomic E-state index is 0.223. The van der Waals surface area contributed by atoms with Crippen molar-refractivity contribution in [1.82, 2.24) is 15.0 Å². The van der Waals surface area contributed by atoms with E-state index < -0.39 is 12.0 Å². The van der Waals surface area contributed by atoms with Gasteiger partial charge in [-0.25, -0.2) is 9.97 Å². The number of aliphatic hydroxyl groups excluding tert-OH is 1. The molecule has 0 unspecified atom stereocenters. The molecule has 0 aliphatic carbocycles. The third-order valence-corrected chi connectivity index (χ3v) is 5.38. The molecular formula is C24H28N6O3. The Morgan fingerprint density at radius 1 is 1.12 bits per heavy atom. The van der Waals surface area contributed by atoms with Crippen molar-refractivity contribution in [3.63, 3.8) is 0 Å². The second kappa shape index (κ2) is 10.8. The van der Waals surface area contributed by atoms with E-state index in [4.69, 9.17) is 4.74 Å². The number of piperidine rings is 1. The van der Waals surface area contributed by atoms with E-state index >= 15 is 0 Å². The van der Waals surface area contributed by atoms with Gasteiger partial charge in [0, 0.05) is 24.5 Å². The van der Waals surface area contributed by atoms with E-state index in [0.29, 0.717) is 29.9 Å². The van der Waals surface area contributed by atoms with Crippen molar-refractivity contribution < 1.29 is 14.6 Å². The highest BCUT2D eigenvalue weighted by Crippen LogP contribution is 2.22. The fraction of sp³-hybridized carbons (Fsp3) is 0.333. The van der Waals surface area contributed by atoms with E-state index in [-0.39, 0.29) is 6.10 Å². The molecule has 1 saturated heterocycles. The minimum Gasteiger partial charge on any atom is -0.384 e. The molecule has 4 rings (SSSR count). The lowest BCUT2D eigenvalue weighted by Crippen LogP contribution is -2.38. The highest BCUT2D eigenvalue weighted by atomic mass is 16.5. The Bertz CT molecular complexity index is 1050. The molecule has 0 radical (unpaired) electrons. The second-order valence-electron chi connectivity index (χ2n) is 7.96. The summed E-state index contributed by atoms with van der Waals surface area (Å²) >= 11 is 0. The van der Waals surface area contributed by atoms with Crippen LogP contribution in [-0.2, 0) is 16.1 Å². The molecule has 9 heteroatoms. The third-order valence-electron chi connectivity index (χ3n) is 5.38. The molecule has 1 aliphatic rings. The fourth-order valence-electron chi connectivity index (χ4n) is 3.56. The van der Waals surface area contributed by atoms with Gasteiger partial charge in [-0.3, -0.25) is 4.79 Å². The number of nitrogens with one attached hydrogen (secondary N) is 2. The number of aromatic nitrogens is 3. The van der Waals surface area contributed by atoms with E-state index in [9.17, 15) is 9.90 Å². The molecule has 1 fully saturated rings. The molecule has 1 aromatic heterocycles. The number of nitrogens with zero attached hydrogens (tertiary/aromatic N) is 4. The van der Waals surface area contributed by atoms with Crippen LogP contribution in [0.15, 0.2) is 60.9 Å². The fourth-order valence-corrected chi connectivity index (χ4v) is 3.56. The van der Waals surface area contributed by atoms with Crippen LogP contribution in [0.1, 0.15) is 25.3 Å². The Morgan fingerprint density at radius 3 is 2.64 bits per heavy atom. The van der Waals surface area contributed by atoms with Crippen LogP contribution in [0.4, 0.5) is 23.3 Å². The average molecular weight is 449 g/mol. The minimum atomic E-state index is -1.08. The van der Waals surface area contributed by atoms with Gasteiger partial charge in [-0.05, 0) is 43.5 Å². The van der Waals surface area contributed by atoms with Crippen LogP contribution in [-0.4, -0.2) is 51.3 Å². The lowest BCUT2D eigenvalue weighted by Gasteiger charge is -2.31. The Balaban J connectivity index is 1.32. The Hall–Kier alpha value is -3.56. The molecule has 0 bridgehead atoms. The zero-order valence-corrected chi connectivity index (χ0v) is 18.5. The summed E-state index contributed by atoms with van der Waals surface area (Å²) in [6.07, 6.45) is 2.45. The monoisotopic (exact) mass is 448 g/mol. The van der Waals surface area contributed by atoms with Crippen LogP contribution in [0.3, 0.4) is 0 Å². The van der Waals surface area contributed by atoms with Crippen molar-refractivity contribution in [1.29, 1.82) is 0 Å². The van der Waals surface area contributed by atoms with E-state index in [1.807, 2.05) is 24.3 Å². The SMILES string of the molecule is C[C@H](O)C(=O)Nc1cccc(Nc2ncnc(N3CCC(OCc4ccccc4)CC3)n2)c1. The molecule has 2 aromatic carbocycles. The van der Waals surface area contributed by atoms with E-state index in [1.165, 1.54) is 18.8 Å². The third kappa shape index (κ3) is 6.47. The number of carbonyl (C=O) groups excluding carboxylic acids is 1. The number of rotatable bonds is 8. The molecule has 0 spiro atoms. The van der Waals surface area contributed by atoms with Crippen molar-refractivity contribution in [3.8, 4) is 0 Å². The summed E-state index contributed by atoms with van der Waals surface area (Å²) in [7, 11) is 0. The molecule has 3 N–H and O–H groups in total. The predicted molar refractivity (Wildman–Crippen MR) is 126 cm³/mol. The van der Waals surface area contributed by atoms with Gasteiger partial charge in [0.1, 0.15) is 12.4 Å². The molecule has 1 aliphatic heterocycles. The lowest BCUT2D eigenvalue weighted by molar-refractivity contribution is -0.123. The van der Waals surface area contributed by atoms with Gasteiger partial charge in [0.15, 0.2) is 0 Å². The zero-order valence-electron chi connectivity index (χ0n) is 18.5. The summed E-state index contributed by atoms with van der Waals surface area (Å²) in [5.74, 6) is 0.569. The van der Waals surface area contributed by atoms with Crippen LogP contribution in [0, 0.1) is 0 Å². The molecule has 172 valence electrons. The van der Waals surface area contributed by atoms with Gasteiger partial charge in [-0.1, -0.05) is 36.4 Å². The summed E-state index contributed by atoms with van der Waals surface area (Å²) < 4.78 is 6.07. The first-order valence-corrected chi connectivity index (χ1v) is 11.0. The topological polar surface area (TPSA) is 112 Å². The van der Waals surface area contributed by atoms with Crippen LogP contribution in [0.2, 0.25) is 0 Å². The Morgan fingerprint density at radius 2 is 1.88 bits per heavy atom. The molecule has 33 heavy (non-hydrogen) atoms. The summed E-state index contributed by atoms with van der Waals surface area (Å²) in [5, 5.41) is 15.2. The van der Waals surface area contributed by atoms with Gasteiger partial charge < -0.3 is 25.4 Å². The molecule has 9 nitrogen and oxygen atoms in total. The van der Waals surface area contributed by atoms with Gasteiger partial charge in [0.25, 0.3) is 5.91 Å². The van der Waals surface area contributed by atoms with Gasteiger partial charge in [-0.2, -0.15) is 4.98 Å². The van der Waals surface area contributed by atoms with Crippen LogP contribution in [0.5, 0.6) is 0 Å². The number of anilines is 4. The first kappa shape index (κ1) is 22.6. The maximum Gasteiger partial charge on any atom is 0.252 e. The quantitative estimate of drug-likeness (QED) is 0.482. The standard InChI is InChI=1S/C24H28N6O3/c1-17(31)22(32)27-19-8-5-9-20(14-19)28-23-25-16-26-24(29-23)30-12-10-21(11-13-30)33-15-18-6-3-2-4-7-18/h2-9,14,16-17,21,31H,10-13,15H2,1H3,(H,27,32)(H,25,26,28,29)/t17-/m0/s1. The average Bonchev–Trinajstić information content (AvgIpc) is 2.84. The molecule has 1 atom stereocenters. The van der Waals surface area contributed by atoms with Gasteiger partial charge >= 0.3 is 0 Å². The summed E-state index contributed by atoms with van der Waals surface area (Å²) in [6.45, 7) is 3.66. The van der Waals surface area contributed by atoms with Gasteiger partial charge in [0.2, 0.25) is 11.9 Å². The van der Waals surface area contributed by atoms with Crippen molar-refractivity contribution in [2.75, 3.05) is 28.6 Å². The molecule has 0 saturated carbocycles. The molecule has 3 aromatic rings. The zero-order chi connectivity index (χ0) is 23.0. The van der Waals surface area contributed by atoms with E-state index in [2.05, 4.69) is 42.6 Å². The number of amides is 1. The van der Waals surface area contributed by atoms with E-state index in [0.717, 1.165) is 25.9 Å². The highest BCUT2D eigenvalue weighted by molar-refractivity contribution is 5.94. The first-order valence-electron chi connectivity index (χ1n) is 11.0. The van der Waals surface area contributed by atoms with Crippen molar-refractivity contribution >= 4 is 29.2 Å². The van der Waals surface area contributed by atoms with E-state index in [1.54, 1.807) is 18.2 Å². The normalized spacial score (nSPS) is 15.2. The van der Waals surface area contributed by atoms with Gasteiger partial charge in [0.05, 0.1) is 12.7 Å². The van der Waals surface area contributed by atoms with Crippen LogP contribution < -0.4 is 15.5 Å². The van der Waals surface area contributed by atoms with Gasteiger partial charge in [-0.15, -0.1) is 0 Å². The maximum atomic E-state index is 11.7. The summed E-state index contributed by atoms with van der Waals surface area (Å²) in [4.78, 5) is 26.9. The number of benzene rings is 2. The molecule has 2 heterocycles. The number of carbonyl (C=O) groups is 1. The van der Waals surface area contributed by atoms with Crippen molar-refractivity contribution in [2.45, 2.75) is 38.6 Å². The smallest absolute Gasteiger partial charge is 0.252 e. The number of aliphatic hydroxyl groups is 1. The predicted octanol–water partition coefficient (Wildman–Crippen LogP) is 3.12. The second-order valence-corrected chi connectivity index (χ2v) is 7.96. The largest absolute Gasteiger partial charge is 0.384 e. The number of ether oxygens (including phenoxy) is 1. The number of hydrogen-bond donors (Lipinski definition) is 3. The van der Waals surface area contributed by atoms with Crippen molar-refractivity contribution in [3.05, 3.63) is 66.5 Å². The first-order chi connectivity index (χ1) is 16.1. The van der Waals surface area contributed by atoms with Crippen molar-refractivity contribution in [2.24, 2.45) is 0 Å². The summed E-state index contributed by atoms with van der Waals surface area (Å²) in [6, 6.07) is 17.3. The lowest BCUT2D eigenvalue weighted by atomic mass is 10.1. The van der Waals surface area contributed by atoms with Crippen LogP contribution >= 0.6 is 0 Å². The summed E-state index contributed by atoms with van der Waals surface area (Å²) in [5.41, 5.74) is 2.46. The van der Waals surface area contributed by atoms with Crippen LogP contribution in [0.25, 0.3) is 0 Å². The Kier molecular flexibility index (Phi) is 7.43. The molecular weight excluding hydrogens is 420 g/mol. The molecule has 1 amide bonds. The Labute approximate surface area is 192 Å². The number of hydrogen-bond acceptors (Lipinski definition) is 8. The highest BCUT2D eigenvalue weighted by Gasteiger charge is 2.22.